The molecule has 1 aromatic carbocycles. The van der Waals surface area contributed by atoms with Crippen molar-refractivity contribution in [2.75, 3.05) is 17.6 Å². The van der Waals surface area contributed by atoms with Crippen LogP contribution < -0.4 is 5.32 Å². The van der Waals surface area contributed by atoms with Gasteiger partial charge >= 0.3 is 0 Å². The van der Waals surface area contributed by atoms with Crippen LogP contribution in [0.15, 0.2) is 24.3 Å². The summed E-state index contributed by atoms with van der Waals surface area (Å²) in [6, 6.07) is 7.83. The fourth-order valence-electron chi connectivity index (χ4n) is 1.15. The summed E-state index contributed by atoms with van der Waals surface area (Å²) in [5.41, 5.74) is 1.09. The van der Waals surface area contributed by atoms with Gasteiger partial charge in [-0.3, -0.25) is 0 Å². The predicted octanol–water partition coefficient (Wildman–Crippen LogP) is 4.28. The maximum Gasteiger partial charge on any atom is 0.0426 e. The Bertz CT molecular complexity index is 307. The molecule has 0 fully saturated rings. The molecule has 0 atom stereocenters. The van der Waals surface area contributed by atoms with Crippen LogP contribution in [-0.2, 0) is 0 Å². The van der Waals surface area contributed by atoms with E-state index >= 15 is 0 Å². The van der Waals surface area contributed by atoms with E-state index in [-0.39, 0.29) is 0 Å². The molecular weight excluding hydrogens is 226 g/mol. The molecule has 3 heteroatoms. The SMILES string of the molecule is CC(C)(C)SCCNc1cccc(Cl)c1. The molecule has 0 unspecified atom stereocenters. The number of rotatable bonds is 4. The molecule has 84 valence electrons. The summed E-state index contributed by atoms with van der Waals surface area (Å²) in [7, 11) is 0. The molecule has 1 rings (SSSR count). The summed E-state index contributed by atoms with van der Waals surface area (Å²) in [6.07, 6.45) is 0. The zero-order chi connectivity index (χ0) is 11.3. The Labute approximate surface area is 102 Å². The van der Waals surface area contributed by atoms with E-state index in [2.05, 4.69) is 26.1 Å². The molecule has 0 aromatic heterocycles. The van der Waals surface area contributed by atoms with Crippen molar-refractivity contribution in [1.82, 2.24) is 0 Å². The van der Waals surface area contributed by atoms with Gasteiger partial charge in [-0.2, -0.15) is 11.8 Å². The second-order valence-electron chi connectivity index (χ2n) is 4.40. The molecule has 0 aliphatic heterocycles. The number of halogens is 1. The van der Waals surface area contributed by atoms with Crippen molar-refractivity contribution in [2.45, 2.75) is 25.5 Å². The van der Waals surface area contributed by atoms with Crippen molar-refractivity contribution in [3.63, 3.8) is 0 Å². The first-order valence-electron chi connectivity index (χ1n) is 5.11. The number of hydrogen-bond acceptors (Lipinski definition) is 2. The van der Waals surface area contributed by atoms with Crippen LogP contribution in [0.1, 0.15) is 20.8 Å². The van der Waals surface area contributed by atoms with Gasteiger partial charge in [0.05, 0.1) is 0 Å². The molecular formula is C12H18ClNS. The summed E-state index contributed by atoms with van der Waals surface area (Å²) < 4.78 is 0.343. The maximum atomic E-state index is 5.89. The first-order chi connectivity index (χ1) is 6.97. The number of benzene rings is 1. The van der Waals surface area contributed by atoms with E-state index in [9.17, 15) is 0 Å². The number of thioether (sulfide) groups is 1. The van der Waals surface area contributed by atoms with E-state index in [4.69, 9.17) is 11.6 Å². The Morgan fingerprint density at radius 3 is 2.67 bits per heavy atom. The minimum Gasteiger partial charge on any atom is -0.384 e. The van der Waals surface area contributed by atoms with Crippen molar-refractivity contribution in [3.05, 3.63) is 29.3 Å². The van der Waals surface area contributed by atoms with E-state index in [0.717, 1.165) is 23.0 Å². The molecule has 1 nitrogen and oxygen atoms in total. The molecule has 0 radical (unpaired) electrons. The second kappa shape index (κ2) is 5.66. The molecule has 1 aromatic rings. The fourth-order valence-corrected chi connectivity index (χ4v) is 2.16. The summed E-state index contributed by atoms with van der Waals surface area (Å²) in [5, 5.41) is 4.13. The topological polar surface area (TPSA) is 12.0 Å². The highest BCUT2D eigenvalue weighted by atomic mass is 35.5. The average molecular weight is 244 g/mol. The van der Waals surface area contributed by atoms with Gasteiger partial charge in [-0.1, -0.05) is 38.4 Å². The van der Waals surface area contributed by atoms with Gasteiger partial charge in [0.15, 0.2) is 0 Å². The zero-order valence-corrected chi connectivity index (χ0v) is 11.1. The van der Waals surface area contributed by atoms with E-state index in [1.807, 2.05) is 36.0 Å². The van der Waals surface area contributed by atoms with Gasteiger partial charge in [0.25, 0.3) is 0 Å². The van der Waals surface area contributed by atoms with Gasteiger partial charge in [-0.05, 0) is 18.2 Å². The Morgan fingerprint density at radius 1 is 1.33 bits per heavy atom. The highest BCUT2D eigenvalue weighted by Gasteiger charge is 2.09. The number of anilines is 1. The lowest BCUT2D eigenvalue weighted by atomic mass is 10.3. The van der Waals surface area contributed by atoms with Crippen LogP contribution in [0.2, 0.25) is 5.02 Å². The van der Waals surface area contributed by atoms with Crippen LogP contribution in [0.5, 0.6) is 0 Å². The summed E-state index contributed by atoms with van der Waals surface area (Å²) in [4.78, 5) is 0. The minimum atomic E-state index is 0.343. The van der Waals surface area contributed by atoms with Crippen LogP contribution in [0.3, 0.4) is 0 Å². The molecule has 0 saturated heterocycles. The molecule has 1 N–H and O–H groups in total. The third-order valence-electron chi connectivity index (χ3n) is 1.79. The standard InChI is InChI=1S/C12H18ClNS/c1-12(2,3)15-8-7-14-11-6-4-5-10(13)9-11/h4-6,9,14H,7-8H2,1-3H3. The van der Waals surface area contributed by atoms with Crippen LogP contribution in [-0.4, -0.2) is 17.0 Å². The monoisotopic (exact) mass is 243 g/mol. The lowest BCUT2D eigenvalue weighted by Crippen LogP contribution is -2.12. The quantitative estimate of drug-likeness (QED) is 0.792. The van der Waals surface area contributed by atoms with Crippen LogP contribution in [0, 0.1) is 0 Å². The van der Waals surface area contributed by atoms with Gasteiger partial charge < -0.3 is 5.32 Å². The second-order valence-corrected chi connectivity index (χ2v) is 6.76. The van der Waals surface area contributed by atoms with Gasteiger partial charge in [0.2, 0.25) is 0 Å². The average Bonchev–Trinajstić information content (AvgIpc) is 2.11. The molecule has 0 aliphatic carbocycles. The predicted molar refractivity (Wildman–Crippen MR) is 72.2 cm³/mol. The Kier molecular flexibility index (Phi) is 4.81. The molecule has 0 amide bonds. The van der Waals surface area contributed by atoms with E-state index < -0.39 is 0 Å². The van der Waals surface area contributed by atoms with Crippen molar-refractivity contribution in [2.24, 2.45) is 0 Å². The molecule has 15 heavy (non-hydrogen) atoms. The summed E-state index contributed by atoms with van der Waals surface area (Å²) in [6.45, 7) is 7.67. The molecule has 0 saturated carbocycles. The van der Waals surface area contributed by atoms with E-state index in [1.165, 1.54) is 0 Å². The largest absolute Gasteiger partial charge is 0.384 e. The first-order valence-corrected chi connectivity index (χ1v) is 6.47. The van der Waals surface area contributed by atoms with Crippen molar-refractivity contribution >= 4 is 29.1 Å². The molecule has 0 aliphatic rings. The third kappa shape index (κ3) is 5.95. The van der Waals surface area contributed by atoms with Crippen LogP contribution >= 0.6 is 23.4 Å². The minimum absolute atomic E-state index is 0.343. The third-order valence-corrected chi connectivity index (χ3v) is 3.30. The first kappa shape index (κ1) is 12.7. The van der Waals surface area contributed by atoms with Crippen molar-refractivity contribution in [1.29, 1.82) is 0 Å². The van der Waals surface area contributed by atoms with Crippen molar-refractivity contribution < 1.29 is 0 Å². The van der Waals surface area contributed by atoms with Gasteiger partial charge in [-0.25, -0.2) is 0 Å². The lowest BCUT2D eigenvalue weighted by Gasteiger charge is -2.17. The van der Waals surface area contributed by atoms with Crippen LogP contribution in [0.4, 0.5) is 5.69 Å². The summed E-state index contributed by atoms with van der Waals surface area (Å²) >= 11 is 7.85. The Morgan fingerprint density at radius 2 is 2.07 bits per heavy atom. The molecule has 0 spiro atoms. The lowest BCUT2D eigenvalue weighted by molar-refractivity contribution is 0.802. The highest BCUT2D eigenvalue weighted by Crippen LogP contribution is 2.22. The Balaban J connectivity index is 2.26. The molecule has 0 bridgehead atoms. The van der Waals surface area contributed by atoms with Gasteiger partial charge in [0, 0.05) is 27.8 Å². The number of nitrogens with one attached hydrogen (secondary N) is 1. The maximum absolute atomic E-state index is 5.89. The Hall–Kier alpha value is -0.340. The van der Waals surface area contributed by atoms with E-state index in [0.29, 0.717) is 4.75 Å². The zero-order valence-electron chi connectivity index (χ0n) is 9.51. The normalized spacial score (nSPS) is 11.5. The van der Waals surface area contributed by atoms with Crippen LogP contribution in [0.25, 0.3) is 0 Å². The van der Waals surface area contributed by atoms with Crippen molar-refractivity contribution in [3.8, 4) is 0 Å². The molecule has 0 heterocycles. The van der Waals surface area contributed by atoms with Gasteiger partial charge in [0.1, 0.15) is 0 Å². The smallest absolute Gasteiger partial charge is 0.0426 e. The number of hydrogen-bond donors (Lipinski definition) is 1. The highest BCUT2D eigenvalue weighted by molar-refractivity contribution is 8.00. The summed E-state index contributed by atoms with van der Waals surface area (Å²) in [5.74, 6) is 1.11. The fraction of sp³-hybridized carbons (Fsp3) is 0.500. The van der Waals surface area contributed by atoms with Gasteiger partial charge in [-0.15, -0.1) is 0 Å². The van der Waals surface area contributed by atoms with E-state index in [1.54, 1.807) is 0 Å².